The van der Waals surface area contributed by atoms with Crippen molar-refractivity contribution < 1.29 is 0 Å². The third-order valence-corrected chi connectivity index (χ3v) is 3.01. The van der Waals surface area contributed by atoms with Crippen LogP contribution in [0.1, 0.15) is 31.9 Å². The lowest BCUT2D eigenvalue weighted by Gasteiger charge is -2.32. The second kappa shape index (κ2) is 5.41. The molecule has 0 fully saturated rings. The van der Waals surface area contributed by atoms with Crippen LogP contribution in [-0.4, -0.2) is 30.5 Å². The Labute approximate surface area is 98.7 Å². The zero-order chi connectivity index (χ0) is 12.2. The number of rotatable bonds is 5. The van der Waals surface area contributed by atoms with Crippen LogP contribution in [0.25, 0.3) is 0 Å². The van der Waals surface area contributed by atoms with Gasteiger partial charge in [0.05, 0.1) is 0 Å². The van der Waals surface area contributed by atoms with Gasteiger partial charge in [0.1, 0.15) is 0 Å². The van der Waals surface area contributed by atoms with Gasteiger partial charge in [0.15, 0.2) is 0 Å². The van der Waals surface area contributed by atoms with Crippen LogP contribution >= 0.6 is 0 Å². The van der Waals surface area contributed by atoms with Crippen molar-refractivity contribution in [3.05, 3.63) is 30.1 Å². The highest BCUT2D eigenvalue weighted by atomic mass is 15.1. The first-order chi connectivity index (χ1) is 7.46. The molecule has 0 amide bonds. The molecule has 3 nitrogen and oxygen atoms in total. The zero-order valence-electron chi connectivity index (χ0n) is 10.8. The molecule has 0 spiro atoms. The summed E-state index contributed by atoms with van der Waals surface area (Å²) in [7, 11) is 4.22. The van der Waals surface area contributed by atoms with Gasteiger partial charge < -0.3 is 10.6 Å². The Morgan fingerprint density at radius 1 is 1.31 bits per heavy atom. The molecule has 0 saturated heterocycles. The van der Waals surface area contributed by atoms with Crippen LogP contribution in [0.15, 0.2) is 24.5 Å². The lowest BCUT2D eigenvalue weighted by atomic mass is 9.83. The second-order valence-electron chi connectivity index (χ2n) is 5.33. The van der Waals surface area contributed by atoms with E-state index >= 15 is 0 Å². The SMILES string of the molecule is CN(C)C(CC(C)(C)CN)c1ccncc1. The van der Waals surface area contributed by atoms with Crippen molar-refractivity contribution in [1.29, 1.82) is 0 Å². The molecule has 0 radical (unpaired) electrons. The Balaban J connectivity index is 2.85. The molecule has 1 unspecified atom stereocenters. The maximum atomic E-state index is 5.80. The molecular formula is C13H23N3. The first-order valence-corrected chi connectivity index (χ1v) is 5.73. The normalized spacial score (nSPS) is 14.1. The van der Waals surface area contributed by atoms with E-state index in [4.69, 9.17) is 5.73 Å². The molecular weight excluding hydrogens is 198 g/mol. The molecule has 2 N–H and O–H groups in total. The highest BCUT2D eigenvalue weighted by Crippen LogP contribution is 2.31. The molecule has 0 aliphatic carbocycles. The molecule has 0 aromatic carbocycles. The lowest BCUT2D eigenvalue weighted by Crippen LogP contribution is -2.31. The summed E-state index contributed by atoms with van der Waals surface area (Å²) in [6.45, 7) is 5.14. The van der Waals surface area contributed by atoms with Crippen LogP contribution in [0.3, 0.4) is 0 Å². The molecule has 0 bridgehead atoms. The van der Waals surface area contributed by atoms with Gasteiger partial charge in [-0.2, -0.15) is 0 Å². The number of nitrogens with two attached hydrogens (primary N) is 1. The van der Waals surface area contributed by atoms with Gasteiger partial charge in [-0.15, -0.1) is 0 Å². The monoisotopic (exact) mass is 221 g/mol. The summed E-state index contributed by atoms with van der Waals surface area (Å²) in [5, 5.41) is 0. The van der Waals surface area contributed by atoms with Gasteiger partial charge in [-0.3, -0.25) is 4.98 Å². The summed E-state index contributed by atoms with van der Waals surface area (Å²) in [6.07, 6.45) is 4.75. The Morgan fingerprint density at radius 2 is 1.88 bits per heavy atom. The minimum Gasteiger partial charge on any atom is -0.330 e. The van der Waals surface area contributed by atoms with Gasteiger partial charge in [-0.1, -0.05) is 13.8 Å². The van der Waals surface area contributed by atoms with E-state index in [0.717, 1.165) is 6.42 Å². The fourth-order valence-electron chi connectivity index (χ4n) is 1.79. The number of nitrogens with zero attached hydrogens (tertiary/aromatic N) is 2. The molecule has 1 aromatic rings. The largest absolute Gasteiger partial charge is 0.330 e. The van der Waals surface area contributed by atoms with Crippen LogP contribution in [0, 0.1) is 5.41 Å². The van der Waals surface area contributed by atoms with E-state index in [1.807, 2.05) is 12.4 Å². The van der Waals surface area contributed by atoms with Crippen LogP contribution in [-0.2, 0) is 0 Å². The first kappa shape index (κ1) is 13.1. The van der Waals surface area contributed by atoms with Crippen LogP contribution < -0.4 is 5.73 Å². The average Bonchev–Trinajstić information content (AvgIpc) is 2.27. The molecule has 0 saturated carbocycles. The zero-order valence-corrected chi connectivity index (χ0v) is 10.8. The van der Waals surface area contributed by atoms with Gasteiger partial charge in [0.25, 0.3) is 0 Å². The van der Waals surface area contributed by atoms with Gasteiger partial charge >= 0.3 is 0 Å². The van der Waals surface area contributed by atoms with Crippen molar-refractivity contribution in [3.8, 4) is 0 Å². The van der Waals surface area contributed by atoms with Crippen molar-refractivity contribution in [1.82, 2.24) is 9.88 Å². The highest BCUT2D eigenvalue weighted by molar-refractivity contribution is 5.15. The minimum absolute atomic E-state index is 0.165. The molecule has 1 rings (SSSR count). The second-order valence-corrected chi connectivity index (χ2v) is 5.33. The Morgan fingerprint density at radius 3 is 2.31 bits per heavy atom. The van der Waals surface area contributed by atoms with E-state index in [0.29, 0.717) is 12.6 Å². The lowest BCUT2D eigenvalue weighted by molar-refractivity contribution is 0.202. The summed E-state index contributed by atoms with van der Waals surface area (Å²) in [6, 6.07) is 4.57. The smallest absolute Gasteiger partial charge is 0.0348 e. The number of aromatic nitrogens is 1. The fourth-order valence-corrected chi connectivity index (χ4v) is 1.79. The third kappa shape index (κ3) is 3.58. The third-order valence-electron chi connectivity index (χ3n) is 3.01. The minimum atomic E-state index is 0.165. The highest BCUT2D eigenvalue weighted by Gasteiger charge is 2.24. The number of hydrogen-bond acceptors (Lipinski definition) is 3. The molecule has 0 aliphatic heterocycles. The summed E-state index contributed by atoms with van der Waals surface area (Å²) < 4.78 is 0. The van der Waals surface area contributed by atoms with Crippen LogP contribution in [0.4, 0.5) is 0 Å². The molecule has 1 aromatic heterocycles. The molecule has 1 heterocycles. The number of hydrogen-bond donors (Lipinski definition) is 1. The summed E-state index contributed by atoms with van der Waals surface area (Å²) in [5.41, 5.74) is 7.27. The first-order valence-electron chi connectivity index (χ1n) is 5.73. The molecule has 90 valence electrons. The van der Waals surface area contributed by atoms with Crippen molar-refractivity contribution in [3.63, 3.8) is 0 Å². The van der Waals surface area contributed by atoms with Crippen LogP contribution in [0.2, 0.25) is 0 Å². The van der Waals surface area contributed by atoms with Gasteiger partial charge in [-0.05, 0) is 50.2 Å². The maximum absolute atomic E-state index is 5.80. The topological polar surface area (TPSA) is 42.1 Å². The Bertz CT molecular complexity index is 306. The van der Waals surface area contributed by atoms with Crippen molar-refractivity contribution in [2.24, 2.45) is 11.1 Å². The molecule has 16 heavy (non-hydrogen) atoms. The van der Waals surface area contributed by atoms with Crippen molar-refractivity contribution in [2.45, 2.75) is 26.3 Å². The maximum Gasteiger partial charge on any atom is 0.0348 e. The molecule has 1 atom stereocenters. The van der Waals surface area contributed by atoms with E-state index in [2.05, 4.69) is 50.0 Å². The van der Waals surface area contributed by atoms with Crippen LogP contribution in [0.5, 0.6) is 0 Å². The van der Waals surface area contributed by atoms with Gasteiger partial charge in [0.2, 0.25) is 0 Å². The van der Waals surface area contributed by atoms with Crippen molar-refractivity contribution in [2.75, 3.05) is 20.6 Å². The quantitative estimate of drug-likeness (QED) is 0.827. The van der Waals surface area contributed by atoms with Crippen molar-refractivity contribution >= 4 is 0 Å². The predicted molar refractivity (Wildman–Crippen MR) is 68.1 cm³/mol. The summed E-state index contributed by atoms with van der Waals surface area (Å²) >= 11 is 0. The van der Waals surface area contributed by atoms with Gasteiger partial charge in [-0.25, -0.2) is 0 Å². The molecule has 3 heteroatoms. The predicted octanol–water partition coefficient (Wildman–Crippen LogP) is 2.06. The fraction of sp³-hybridized carbons (Fsp3) is 0.615. The van der Waals surface area contributed by atoms with E-state index in [-0.39, 0.29) is 5.41 Å². The Kier molecular flexibility index (Phi) is 4.44. The average molecular weight is 221 g/mol. The van der Waals surface area contributed by atoms with E-state index in [9.17, 15) is 0 Å². The van der Waals surface area contributed by atoms with E-state index < -0.39 is 0 Å². The number of pyridine rings is 1. The summed E-state index contributed by atoms with van der Waals surface area (Å²) in [5.74, 6) is 0. The van der Waals surface area contributed by atoms with Gasteiger partial charge in [0, 0.05) is 18.4 Å². The van der Waals surface area contributed by atoms with E-state index in [1.165, 1.54) is 5.56 Å². The molecule has 0 aliphatic rings. The summed E-state index contributed by atoms with van der Waals surface area (Å²) in [4.78, 5) is 6.30. The Hall–Kier alpha value is -0.930. The van der Waals surface area contributed by atoms with E-state index in [1.54, 1.807) is 0 Å². The standard InChI is InChI=1S/C13H23N3/c1-13(2,10-14)9-12(16(3)4)11-5-7-15-8-6-11/h5-8,12H,9-10,14H2,1-4H3.